The number of rotatable bonds is 27. The average Bonchev–Trinajstić information content (AvgIpc) is 3.28. The molecule has 0 aliphatic carbocycles. The molecule has 0 saturated carbocycles. The molecule has 61 heavy (non-hydrogen) atoms. The number of hydrogen-bond donors (Lipinski definition) is 2. The van der Waals surface area contributed by atoms with Gasteiger partial charge in [0, 0.05) is 84.6 Å². The zero-order valence-corrected chi connectivity index (χ0v) is 38.3. The first-order valence-corrected chi connectivity index (χ1v) is 20.2. The number of ether oxygens (including phenoxy) is 18. The van der Waals surface area contributed by atoms with Crippen LogP contribution in [0.25, 0.3) is 0 Å². The van der Waals surface area contributed by atoms with E-state index in [1.807, 2.05) is 19.1 Å². The number of carbonyl (C=O) groups is 1. The summed E-state index contributed by atoms with van der Waals surface area (Å²) in [6.45, 7) is 1.91. The molecule has 0 radical (unpaired) electrons. The second-order valence-corrected chi connectivity index (χ2v) is 14.7. The maximum Gasteiger partial charge on any atom is 0.366 e. The molecule has 0 spiro atoms. The van der Waals surface area contributed by atoms with Gasteiger partial charge in [0.05, 0.1) is 57.8 Å². The predicted octanol–water partition coefficient (Wildman–Crippen LogP) is -0.568. The van der Waals surface area contributed by atoms with E-state index in [1.54, 1.807) is 21.3 Å². The molecule has 0 aromatic carbocycles. The minimum atomic E-state index is -2.02. The fraction of sp³-hybridized carbons (Fsp3) is 0.925. The number of nitrogens with one attached hydrogen (secondary N) is 1. The molecule has 3 fully saturated rings. The molecule has 3 aliphatic rings. The number of allylic oxidation sites excluding steroid dienone is 1. The molecule has 358 valence electrons. The van der Waals surface area contributed by atoms with Crippen molar-refractivity contribution in [3.63, 3.8) is 0 Å². The summed E-state index contributed by atoms with van der Waals surface area (Å²) in [4.78, 5) is 13.9. The largest absolute Gasteiger partial charge is 0.465 e. The third kappa shape index (κ3) is 12.8. The molecule has 21 heteroatoms. The second-order valence-electron chi connectivity index (χ2n) is 14.7. The van der Waals surface area contributed by atoms with Crippen molar-refractivity contribution >= 4 is 5.97 Å². The van der Waals surface area contributed by atoms with Crippen LogP contribution in [0.1, 0.15) is 13.3 Å². The van der Waals surface area contributed by atoms with Gasteiger partial charge in [0.15, 0.2) is 12.6 Å². The molecular weight excluding hydrogens is 812 g/mol. The fourth-order valence-corrected chi connectivity index (χ4v) is 8.37. The van der Waals surface area contributed by atoms with Gasteiger partial charge in [-0.2, -0.15) is 0 Å². The minimum Gasteiger partial charge on any atom is -0.465 e. The lowest BCUT2D eigenvalue weighted by molar-refractivity contribution is -0.374. The van der Waals surface area contributed by atoms with Crippen molar-refractivity contribution in [2.45, 2.75) is 123 Å². The van der Waals surface area contributed by atoms with Gasteiger partial charge >= 0.3 is 5.97 Å². The Kier molecular flexibility index (Phi) is 23.9. The van der Waals surface area contributed by atoms with Gasteiger partial charge < -0.3 is 96.3 Å². The standard InChI is InChI=1S/C40H74N2O19/c1-15-16-23(46-5)22(41)18-56-37-35(53-12)34(52-11)31(26(58-37)20-45-4)60-38-36(54-13)33(51-10)30(50-9)27(59-38)21-57-40(39(43)55-14)17-24(47-6)28(42-2)32(61-40)29(49-8)25(48-7)19-44-3/h15-16,22-38,42H,17-21,41H2,1-14H3/b16-15+/t22?,23?,24?,25?,26?,27?,28-,29?,30-,31?,32?,33?,34?,35?,36?,37+,38-,40-/m0/s1. The number of methoxy groups -OCH3 is 12. The molecule has 3 aliphatic heterocycles. The molecule has 0 bridgehead atoms. The molecule has 3 N–H and O–H groups in total. The van der Waals surface area contributed by atoms with E-state index in [4.69, 9.17) is 91.0 Å². The molecular formula is C40H74N2O19. The third-order valence-electron chi connectivity index (χ3n) is 11.5. The molecule has 18 atom stereocenters. The number of esters is 1. The van der Waals surface area contributed by atoms with Gasteiger partial charge in [0.2, 0.25) is 0 Å². The van der Waals surface area contributed by atoms with Crippen molar-refractivity contribution in [1.82, 2.24) is 5.32 Å². The summed E-state index contributed by atoms with van der Waals surface area (Å²) in [5, 5.41) is 3.25. The molecule has 0 aromatic rings. The summed E-state index contributed by atoms with van der Waals surface area (Å²) < 4.78 is 109. The van der Waals surface area contributed by atoms with E-state index in [0.29, 0.717) is 0 Å². The lowest BCUT2D eigenvalue weighted by Crippen LogP contribution is -2.69. The van der Waals surface area contributed by atoms with Gasteiger partial charge in [-0.25, -0.2) is 4.79 Å². The smallest absolute Gasteiger partial charge is 0.366 e. The van der Waals surface area contributed by atoms with Crippen LogP contribution in [0, 0.1) is 0 Å². The van der Waals surface area contributed by atoms with Crippen LogP contribution in [-0.2, 0) is 90.1 Å². The van der Waals surface area contributed by atoms with Gasteiger partial charge in [0.1, 0.15) is 67.1 Å². The van der Waals surface area contributed by atoms with Crippen molar-refractivity contribution < 1.29 is 90.1 Å². The number of hydrogen-bond acceptors (Lipinski definition) is 21. The van der Waals surface area contributed by atoms with Crippen molar-refractivity contribution in [1.29, 1.82) is 0 Å². The number of likely N-dealkylation sites (N-methyl/N-ethyl adjacent to an activating group) is 1. The first kappa shape index (κ1) is 53.8. The van der Waals surface area contributed by atoms with E-state index >= 15 is 0 Å². The lowest BCUT2D eigenvalue weighted by Gasteiger charge is -2.50. The van der Waals surface area contributed by atoms with E-state index in [9.17, 15) is 4.79 Å². The topological polar surface area (TPSA) is 221 Å². The molecule has 3 saturated heterocycles. The molecule has 3 rings (SSSR count). The minimum absolute atomic E-state index is 0.0721. The van der Waals surface area contributed by atoms with E-state index in [2.05, 4.69) is 5.32 Å². The molecule has 0 amide bonds. The van der Waals surface area contributed by atoms with Crippen LogP contribution in [-0.4, -0.2) is 235 Å². The van der Waals surface area contributed by atoms with Gasteiger partial charge in [-0.1, -0.05) is 12.2 Å². The Labute approximate surface area is 360 Å². The Morgan fingerprint density at radius 1 is 0.738 bits per heavy atom. The van der Waals surface area contributed by atoms with Crippen LogP contribution in [0.4, 0.5) is 0 Å². The number of carbonyl (C=O) groups excluding carboxylic acids is 1. The van der Waals surface area contributed by atoms with Gasteiger partial charge in [-0.05, 0) is 14.0 Å². The Bertz CT molecular complexity index is 1260. The van der Waals surface area contributed by atoms with Crippen LogP contribution in [0.2, 0.25) is 0 Å². The quantitative estimate of drug-likeness (QED) is 0.0779. The summed E-state index contributed by atoms with van der Waals surface area (Å²) in [5.74, 6) is -2.83. The van der Waals surface area contributed by atoms with E-state index in [-0.39, 0.29) is 39.0 Å². The first-order chi connectivity index (χ1) is 29.4. The fourth-order valence-electron chi connectivity index (χ4n) is 8.37. The van der Waals surface area contributed by atoms with Gasteiger partial charge in [-0.3, -0.25) is 0 Å². The zero-order valence-electron chi connectivity index (χ0n) is 38.3. The van der Waals surface area contributed by atoms with E-state index < -0.39 is 110 Å². The van der Waals surface area contributed by atoms with Crippen molar-refractivity contribution in [2.75, 3.05) is 119 Å². The molecule has 13 unspecified atom stereocenters. The highest BCUT2D eigenvalue weighted by molar-refractivity contribution is 5.78. The van der Waals surface area contributed by atoms with Crippen molar-refractivity contribution in [3.8, 4) is 0 Å². The number of nitrogens with two attached hydrogens (primary N) is 1. The Hall–Kier alpha value is -1.55. The second kappa shape index (κ2) is 27.0. The van der Waals surface area contributed by atoms with Crippen LogP contribution in [0.3, 0.4) is 0 Å². The molecule has 0 aromatic heterocycles. The normalized spacial score (nSPS) is 36.7. The van der Waals surface area contributed by atoms with Crippen LogP contribution < -0.4 is 11.1 Å². The highest BCUT2D eigenvalue weighted by Gasteiger charge is 2.59. The Balaban J connectivity index is 1.99. The summed E-state index contributed by atoms with van der Waals surface area (Å²) in [6, 6.07) is -0.992. The first-order valence-electron chi connectivity index (χ1n) is 20.2. The van der Waals surface area contributed by atoms with Crippen LogP contribution in [0.15, 0.2) is 12.2 Å². The maximum absolute atomic E-state index is 13.9. The lowest BCUT2D eigenvalue weighted by atomic mass is 9.88. The van der Waals surface area contributed by atoms with Crippen molar-refractivity contribution in [3.05, 3.63) is 12.2 Å². The average molecular weight is 887 g/mol. The SMILES string of the molecule is C/C=C/C(OC)C(N)CO[C@@H]1OC(COC)C(O[C@@H]2OC(CO[C@@]3(C(=O)OC)CC(OC)[C@H](NC)C(C(OC)C(COC)OC)O3)[C@H](OC)C(OC)C2OC)C(OC)C1OC. The van der Waals surface area contributed by atoms with E-state index in [0.717, 1.165) is 0 Å². The summed E-state index contributed by atoms with van der Waals surface area (Å²) in [6.07, 6.45) is -8.33. The molecule has 3 heterocycles. The summed E-state index contributed by atoms with van der Waals surface area (Å²) >= 11 is 0. The highest BCUT2D eigenvalue weighted by atomic mass is 16.8. The van der Waals surface area contributed by atoms with Crippen LogP contribution in [0.5, 0.6) is 0 Å². The highest BCUT2D eigenvalue weighted by Crippen LogP contribution is 2.39. The summed E-state index contributed by atoms with van der Waals surface area (Å²) in [5.41, 5.74) is 6.41. The Morgan fingerprint density at radius 3 is 1.85 bits per heavy atom. The maximum atomic E-state index is 13.9. The summed E-state index contributed by atoms with van der Waals surface area (Å²) in [7, 11) is 19.8. The van der Waals surface area contributed by atoms with E-state index in [1.165, 1.54) is 71.1 Å². The van der Waals surface area contributed by atoms with Crippen molar-refractivity contribution in [2.24, 2.45) is 5.73 Å². The zero-order chi connectivity index (χ0) is 45.3. The monoisotopic (exact) mass is 886 g/mol. The predicted molar refractivity (Wildman–Crippen MR) is 215 cm³/mol. The van der Waals surface area contributed by atoms with Gasteiger partial charge in [-0.15, -0.1) is 0 Å². The molecule has 21 nitrogen and oxygen atoms in total. The third-order valence-corrected chi connectivity index (χ3v) is 11.5. The van der Waals surface area contributed by atoms with Gasteiger partial charge in [0.25, 0.3) is 5.79 Å². The Morgan fingerprint density at radius 2 is 1.34 bits per heavy atom. The van der Waals surface area contributed by atoms with Crippen LogP contribution >= 0.6 is 0 Å².